The molecule has 0 amide bonds. The number of hydrogen-bond donors (Lipinski definition) is 2. The molecule has 0 spiro atoms. The summed E-state index contributed by atoms with van der Waals surface area (Å²) in [6, 6.07) is 12.4. The van der Waals surface area contributed by atoms with E-state index < -0.39 is 0 Å². The van der Waals surface area contributed by atoms with Crippen molar-refractivity contribution in [2.45, 2.75) is 27.2 Å². The van der Waals surface area contributed by atoms with E-state index >= 15 is 0 Å². The second-order valence-electron chi connectivity index (χ2n) is 5.05. The Balaban J connectivity index is 2.11. The van der Waals surface area contributed by atoms with Crippen molar-refractivity contribution in [1.82, 2.24) is 0 Å². The van der Waals surface area contributed by atoms with Gasteiger partial charge in [0.2, 0.25) is 0 Å². The third-order valence-electron chi connectivity index (χ3n) is 3.33. The van der Waals surface area contributed by atoms with Crippen LogP contribution >= 0.6 is 28.1 Å². The van der Waals surface area contributed by atoms with Crippen LogP contribution in [0.3, 0.4) is 0 Å². The van der Waals surface area contributed by atoms with Crippen molar-refractivity contribution >= 4 is 44.6 Å². The molecule has 0 bridgehead atoms. The molecule has 0 aliphatic carbocycles. The van der Waals surface area contributed by atoms with Crippen LogP contribution in [0.2, 0.25) is 0 Å². The summed E-state index contributed by atoms with van der Waals surface area (Å²) in [6.45, 7) is 6.30. The molecule has 2 aromatic rings. The van der Waals surface area contributed by atoms with Crippen molar-refractivity contribution in [3.05, 3.63) is 57.6 Å². The normalized spacial score (nSPS) is 10.3. The molecule has 0 unspecified atom stereocenters. The molecule has 0 aromatic heterocycles. The van der Waals surface area contributed by atoms with E-state index in [0.29, 0.717) is 5.11 Å². The molecule has 0 heterocycles. The minimum absolute atomic E-state index is 0.610. The molecule has 0 atom stereocenters. The van der Waals surface area contributed by atoms with E-state index in [4.69, 9.17) is 12.2 Å². The van der Waals surface area contributed by atoms with Gasteiger partial charge in [-0.3, -0.25) is 0 Å². The van der Waals surface area contributed by atoms with Gasteiger partial charge in [0.25, 0.3) is 0 Å². The van der Waals surface area contributed by atoms with Crippen molar-refractivity contribution in [3.8, 4) is 0 Å². The Labute approximate surface area is 140 Å². The molecule has 0 radical (unpaired) electrons. The summed E-state index contributed by atoms with van der Waals surface area (Å²) in [5, 5.41) is 7.15. The van der Waals surface area contributed by atoms with Gasteiger partial charge < -0.3 is 10.6 Å². The maximum atomic E-state index is 5.42. The lowest BCUT2D eigenvalue weighted by molar-refractivity contribution is 1.14. The van der Waals surface area contributed by atoms with Gasteiger partial charge in [-0.2, -0.15) is 0 Å². The second-order valence-corrected chi connectivity index (χ2v) is 6.38. The van der Waals surface area contributed by atoms with E-state index in [9.17, 15) is 0 Å². The molecule has 2 aromatic carbocycles. The Morgan fingerprint density at radius 2 is 1.71 bits per heavy atom. The fourth-order valence-corrected chi connectivity index (χ4v) is 2.83. The Bertz CT molecular complexity index is 668. The zero-order valence-electron chi connectivity index (χ0n) is 12.5. The quantitative estimate of drug-likeness (QED) is 0.711. The van der Waals surface area contributed by atoms with Crippen LogP contribution in [0, 0.1) is 13.8 Å². The molecule has 0 aliphatic rings. The molecular weight excluding hydrogens is 344 g/mol. The molecule has 0 aliphatic heterocycles. The van der Waals surface area contributed by atoms with Crippen molar-refractivity contribution in [2.75, 3.05) is 10.6 Å². The predicted molar refractivity (Wildman–Crippen MR) is 99.3 cm³/mol. The number of anilines is 2. The Morgan fingerprint density at radius 3 is 2.38 bits per heavy atom. The van der Waals surface area contributed by atoms with Crippen LogP contribution < -0.4 is 10.6 Å². The zero-order chi connectivity index (χ0) is 15.4. The highest BCUT2D eigenvalue weighted by Crippen LogP contribution is 2.22. The summed E-state index contributed by atoms with van der Waals surface area (Å²) in [6.07, 6.45) is 0.952. The number of benzene rings is 2. The van der Waals surface area contributed by atoms with Crippen molar-refractivity contribution in [2.24, 2.45) is 0 Å². The highest BCUT2D eigenvalue weighted by molar-refractivity contribution is 9.10. The van der Waals surface area contributed by atoms with E-state index in [1.54, 1.807) is 0 Å². The van der Waals surface area contributed by atoms with Crippen molar-refractivity contribution in [3.63, 3.8) is 0 Å². The lowest BCUT2D eigenvalue weighted by Crippen LogP contribution is -2.20. The molecule has 0 saturated carbocycles. The minimum Gasteiger partial charge on any atom is -0.332 e. The number of halogens is 1. The smallest absolute Gasteiger partial charge is 0.175 e. The average molecular weight is 363 g/mol. The standard InChI is InChI=1S/C17H19BrN2S/c1-4-13-10-14(18)6-8-16(13)20-17(21)19-15-7-5-11(2)9-12(15)3/h5-10H,4H2,1-3H3,(H2,19,20,21). The first-order chi connectivity index (χ1) is 9.99. The molecule has 21 heavy (non-hydrogen) atoms. The van der Waals surface area contributed by atoms with Crippen molar-refractivity contribution in [1.29, 1.82) is 0 Å². The van der Waals surface area contributed by atoms with Gasteiger partial charge >= 0.3 is 0 Å². The van der Waals surface area contributed by atoms with Gasteiger partial charge in [-0.15, -0.1) is 0 Å². The third kappa shape index (κ3) is 4.29. The topological polar surface area (TPSA) is 24.1 Å². The Hall–Kier alpha value is -1.39. The average Bonchev–Trinajstić information content (AvgIpc) is 2.44. The largest absolute Gasteiger partial charge is 0.332 e. The summed E-state index contributed by atoms with van der Waals surface area (Å²) in [5.41, 5.74) is 5.74. The number of rotatable bonds is 3. The van der Waals surface area contributed by atoms with Gasteiger partial charge in [0.1, 0.15) is 0 Å². The number of hydrogen-bond acceptors (Lipinski definition) is 1. The summed E-state index contributed by atoms with van der Waals surface area (Å²) in [5.74, 6) is 0. The fourth-order valence-electron chi connectivity index (χ4n) is 2.21. The van der Waals surface area contributed by atoms with E-state index in [2.05, 4.69) is 71.6 Å². The minimum atomic E-state index is 0.610. The van der Waals surface area contributed by atoms with E-state index in [-0.39, 0.29) is 0 Å². The maximum absolute atomic E-state index is 5.42. The first-order valence-corrected chi connectivity index (χ1v) is 8.13. The van der Waals surface area contributed by atoms with Gasteiger partial charge in [0.05, 0.1) is 0 Å². The number of thiocarbonyl (C=S) groups is 1. The van der Waals surface area contributed by atoms with Gasteiger partial charge in [-0.25, -0.2) is 0 Å². The second kappa shape index (κ2) is 7.05. The monoisotopic (exact) mass is 362 g/mol. The highest BCUT2D eigenvalue weighted by Gasteiger charge is 2.05. The molecule has 2 nitrogen and oxygen atoms in total. The summed E-state index contributed by atoms with van der Waals surface area (Å²) in [4.78, 5) is 0. The highest BCUT2D eigenvalue weighted by atomic mass is 79.9. The molecule has 2 rings (SSSR count). The first kappa shape index (κ1) is 16.0. The first-order valence-electron chi connectivity index (χ1n) is 6.93. The molecule has 110 valence electrons. The number of aryl methyl sites for hydroxylation is 3. The fraction of sp³-hybridized carbons (Fsp3) is 0.235. The van der Waals surface area contributed by atoms with E-state index in [1.807, 2.05) is 12.1 Å². The lowest BCUT2D eigenvalue weighted by atomic mass is 10.1. The number of nitrogens with one attached hydrogen (secondary N) is 2. The SMILES string of the molecule is CCc1cc(Br)ccc1NC(=S)Nc1ccc(C)cc1C. The summed E-state index contributed by atoms with van der Waals surface area (Å²) >= 11 is 8.91. The summed E-state index contributed by atoms with van der Waals surface area (Å²) < 4.78 is 1.08. The molecule has 0 saturated heterocycles. The summed E-state index contributed by atoms with van der Waals surface area (Å²) in [7, 11) is 0. The lowest BCUT2D eigenvalue weighted by Gasteiger charge is -2.15. The van der Waals surface area contributed by atoms with Crippen LogP contribution in [-0.2, 0) is 6.42 Å². The maximum Gasteiger partial charge on any atom is 0.175 e. The van der Waals surface area contributed by atoms with Gasteiger partial charge in [-0.05, 0) is 67.9 Å². The Kier molecular flexibility index (Phi) is 5.37. The van der Waals surface area contributed by atoms with Gasteiger partial charge in [0, 0.05) is 15.8 Å². The zero-order valence-corrected chi connectivity index (χ0v) is 14.9. The van der Waals surface area contributed by atoms with Crippen LogP contribution in [-0.4, -0.2) is 5.11 Å². The van der Waals surface area contributed by atoms with E-state index in [1.165, 1.54) is 16.7 Å². The van der Waals surface area contributed by atoms with Gasteiger partial charge in [-0.1, -0.05) is 40.5 Å². The van der Waals surface area contributed by atoms with Crippen LogP contribution in [0.4, 0.5) is 11.4 Å². The van der Waals surface area contributed by atoms with Crippen molar-refractivity contribution < 1.29 is 0 Å². The van der Waals surface area contributed by atoms with Crippen LogP contribution in [0.25, 0.3) is 0 Å². The predicted octanol–water partition coefficient (Wildman–Crippen LogP) is 5.44. The molecular formula is C17H19BrN2S. The van der Waals surface area contributed by atoms with Crippen LogP contribution in [0.1, 0.15) is 23.6 Å². The molecule has 4 heteroatoms. The molecule has 0 fully saturated rings. The van der Waals surface area contributed by atoms with Crippen LogP contribution in [0.15, 0.2) is 40.9 Å². The molecule has 2 N–H and O–H groups in total. The van der Waals surface area contributed by atoms with Crippen LogP contribution in [0.5, 0.6) is 0 Å². The van der Waals surface area contributed by atoms with Gasteiger partial charge in [0.15, 0.2) is 5.11 Å². The van der Waals surface area contributed by atoms with E-state index in [0.717, 1.165) is 22.3 Å². The Morgan fingerprint density at radius 1 is 1.05 bits per heavy atom. The third-order valence-corrected chi connectivity index (χ3v) is 4.02.